The number of ether oxygens (including phenoxy) is 1. The van der Waals surface area contributed by atoms with Crippen molar-refractivity contribution in [3.63, 3.8) is 0 Å². The molecule has 3 aromatic heterocycles. The van der Waals surface area contributed by atoms with Crippen molar-refractivity contribution in [1.29, 1.82) is 0 Å². The monoisotopic (exact) mass is 385 g/mol. The van der Waals surface area contributed by atoms with Crippen LogP contribution in [0.15, 0.2) is 18.3 Å². The van der Waals surface area contributed by atoms with Crippen molar-refractivity contribution in [3.05, 3.63) is 29.6 Å². The SMILES string of the molecule is CCOCCn1nc(C(=O)O)c2nc(N(C)C)nc(Nc3cc(C)ccn3)c21. The molecule has 10 heteroatoms. The van der Waals surface area contributed by atoms with E-state index in [0.29, 0.717) is 42.9 Å². The van der Waals surface area contributed by atoms with Gasteiger partial charge in [0.2, 0.25) is 5.95 Å². The fourth-order valence-electron chi connectivity index (χ4n) is 2.68. The van der Waals surface area contributed by atoms with Crippen molar-refractivity contribution in [2.75, 3.05) is 37.5 Å². The molecule has 0 aliphatic carbocycles. The summed E-state index contributed by atoms with van der Waals surface area (Å²) in [4.78, 5) is 26.7. The standard InChI is InChI=1S/C18H23N7O3/c1-5-28-9-8-25-15-13(14(23-25)17(26)27)21-18(24(3)4)22-16(15)20-12-10-11(2)6-7-19-12/h6-7,10H,5,8-9H2,1-4H3,(H,26,27)(H,19,20,21,22). The predicted octanol–water partition coefficient (Wildman–Crippen LogP) is 2.07. The van der Waals surface area contributed by atoms with Crippen LogP contribution in [0, 0.1) is 6.92 Å². The van der Waals surface area contributed by atoms with Crippen LogP contribution in [0.2, 0.25) is 0 Å². The third kappa shape index (κ3) is 4.01. The molecule has 0 spiro atoms. The van der Waals surface area contributed by atoms with Crippen LogP contribution < -0.4 is 10.2 Å². The van der Waals surface area contributed by atoms with Gasteiger partial charge >= 0.3 is 5.97 Å². The number of pyridine rings is 1. The van der Waals surface area contributed by atoms with E-state index in [9.17, 15) is 9.90 Å². The molecule has 0 unspecified atom stereocenters. The molecule has 3 rings (SSSR count). The number of anilines is 3. The first kappa shape index (κ1) is 19.5. The highest BCUT2D eigenvalue weighted by Crippen LogP contribution is 2.28. The van der Waals surface area contributed by atoms with Crippen molar-refractivity contribution in [2.45, 2.75) is 20.4 Å². The Balaban J connectivity index is 2.18. The molecule has 0 aromatic carbocycles. The van der Waals surface area contributed by atoms with Gasteiger partial charge in [-0.05, 0) is 31.5 Å². The van der Waals surface area contributed by atoms with Crippen molar-refractivity contribution < 1.29 is 14.6 Å². The molecule has 0 saturated carbocycles. The van der Waals surface area contributed by atoms with Crippen molar-refractivity contribution in [1.82, 2.24) is 24.7 Å². The summed E-state index contributed by atoms with van der Waals surface area (Å²) < 4.78 is 6.96. The van der Waals surface area contributed by atoms with Gasteiger partial charge in [-0.2, -0.15) is 10.1 Å². The first-order chi connectivity index (χ1) is 13.4. The fourth-order valence-corrected chi connectivity index (χ4v) is 2.68. The summed E-state index contributed by atoms with van der Waals surface area (Å²) in [7, 11) is 3.58. The van der Waals surface area contributed by atoms with E-state index in [2.05, 4.69) is 25.4 Å². The number of nitrogens with one attached hydrogen (secondary N) is 1. The number of aromatic nitrogens is 5. The maximum Gasteiger partial charge on any atom is 0.358 e. The lowest BCUT2D eigenvalue weighted by atomic mass is 10.3. The molecule has 0 bridgehead atoms. The first-order valence-corrected chi connectivity index (χ1v) is 8.87. The number of fused-ring (bicyclic) bond motifs is 1. The molecule has 0 amide bonds. The zero-order chi connectivity index (χ0) is 20.3. The summed E-state index contributed by atoms with van der Waals surface area (Å²) in [6.45, 7) is 5.18. The molecular weight excluding hydrogens is 362 g/mol. The van der Waals surface area contributed by atoms with Crippen molar-refractivity contribution in [3.8, 4) is 0 Å². The topological polar surface area (TPSA) is 118 Å². The largest absolute Gasteiger partial charge is 0.476 e. The molecule has 2 N–H and O–H groups in total. The second-order valence-corrected chi connectivity index (χ2v) is 6.38. The molecule has 0 aliphatic heterocycles. The Morgan fingerprint density at radius 1 is 1.36 bits per heavy atom. The van der Waals surface area contributed by atoms with Crippen LogP contribution >= 0.6 is 0 Å². The Morgan fingerprint density at radius 3 is 2.79 bits per heavy atom. The van der Waals surface area contributed by atoms with Crippen molar-refractivity contribution in [2.24, 2.45) is 0 Å². The predicted molar refractivity (Wildman–Crippen MR) is 105 cm³/mol. The van der Waals surface area contributed by atoms with E-state index in [1.165, 1.54) is 0 Å². The molecule has 0 atom stereocenters. The molecule has 0 fully saturated rings. The summed E-state index contributed by atoms with van der Waals surface area (Å²) in [5.74, 6) is 0.250. The van der Waals surface area contributed by atoms with Gasteiger partial charge in [0.05, 0.1) is 13.2 Å². The van der Waals surface area contributed by atoms with E-state index in [1.54, 1.807) is 29.9 Å². The number of carboxylic acids is 1. The Bertz CT molecular complexity index is 1000. The number of aryl methyl sites for hydroxylation is 1. The number of hydrogen-bond acceptors (Lipinski definition) is 8. The van der Waals surface area contributed by atoms with E-state index in [-0.39, 0.29) is 11.2 Å². The molecule has 0 aliphatic rings. The zero-order valence-corrected chi connectivity index (χ0v) is 16.3. The molecule has 148 valence electrons. The van der Waals surface area contributed by atoms with Crippen LogP contribution in [0.3, 0.4) is 0 Å². The smallest absolute Gasteiger partial charge is 0.358 e. The third-order valence-corrected chi connectivity index (χ3v) is 3.99. The van der Waals surface area contributed by atoms with Gasteiger partial charge in [0.25, 0.3) is 0 Å². The highest BCUT2D eigenvalue weighted by atomic mass is 16.5. The Kier molecular flexibility index (Phi) is 5.69. The van der Waals surface area contributed by atoms with Gasteiger partial charge in [-0.15, -0.1) is 0 Å². The van der Waals surface area contributed by atoms with Gasteiger partial charge in [0, 0.05) is 26.9 Å². The lowest BCUT2D eigenvalue weighted by Gasteiger charge is -2.14. The van der Waals surface area contributed by atoms with Crippen LogP contribution in [0.1, 0.15) is 23.0 Å². The molecule has 10 nitrogen and oxygen atoms in total. The molecular formula is C18H23N7O3. The number of nitrogens with zero attached hydrogens (tertiary/aromatic N) is 6. The highest BCUT2D eigenvalue weighted by Gasteiger charge is 2.23. The van der Waals surface area contributed by atoms with Gasteiger partial charge in [-0.25, -0.2) is 14.8 Å². The number of carbonyl (C=O) groups is 1. The molecule has 0 radical (unpaired) electrons. The van der Waals surface area contributed by atoms with Gasteiger partial charge in [0.15, 0.2) is 11.5 Å². The van der Waals surface area contributed by atoms with Gasteiger partial charge in [-0.1, -0.05) is 0 Å². The normalized spacial score (nSPS) is 11.0. The minimum atomic E-state index is -1.15. The Morgan fingerprint density at radius 2 is 2.14 bits per heavy atom. The Hall–Kier alpha value is -3.27. The minimum absolute atomic E-state index is 0.128. The van der Waals surface area contributed by atoms with E-state index < -0.39 is 5.97 Å². The van der Waals surface area contributed by atoms with Crippen LogP contribution in [0.25, 0.3) is 11.0 Å². The summed E-state index contributed by atoms with van der Waals surface area (Å²) in [6.07, 6.45) is 1.69. The van der Waals surface area contributed by atoms with E-state index in [1.807, 2.05) is 26.0 Å². The van der Waals surface area contributed by atoms with Gasteiger partial charge < -0.3 is 20.1 Å². The maximum absolute atomic E-state index is 11.7. The fraction of sp³-hybridized carbons (Fsp3) is 0.389. The molecule has 3 aromatic rings. The molecule has 3 heterocycles. The maximum atomic E-state index is 11.7. The lowest BCUT2D eigenvalue weighted by molar-refractivity contribution is 0.0690. The van der Waals surface area contributed by atoms with Crippen molar-refractivity contribution >= 4 is 34.6 Å². The van der Waals surface area contributed by atoms with Gasteiger partial charge in [0.1, 0.15) is 16.9 Å². The number of rotatable bonds is 8. The average Bonchev–Trinajstić information content (AvgIpc) is 3.01. The average molecular weight is 385 g/mol. The van der Waals surface area contributed by atoms with E-state index in [0.717, 1.165) is 5.56 Å². The van der Waals surface area contributed by atoms with E-state index in [4.69, 9.17) is 4.74 Å². The Labute approximate surface area is 162 Å². The number of carboxylic acid groups (broad SMARTS) is 1. The second kappa shape index (κ2) is 8.17. The van der Waals surface area contributed by atoms with Crippen LogP contribution in [-0.4, -0.2) is 63.1 Å². The third-order valence-electron chi connectivity index (χ3n) is 3.99. The number of aromatic carboxylic acids is 1. The quantitative estimate of drug-likeness (QED) is 0.562. The number of hydrogen-bond donors (Lipinski definition) is 2. The molecule has 28 heavy (non-hydrogen) atoms. The summed E-state index contributed by atoms with van der Waals surface area (Å²) >= 11 is 0. The van der Waals surface area contributed by atoms with E-state index >= 15 is 0 Å². The summed E-state index contributed by atoms with van der Waals surface area (Å²) in [6, 6.07) is 3.77. The molecule has 0 saturated heterocycles. The van der Waals surface area contributed by atoms with Crippen LogP contribution in [-0.2, 0) is 11.3 Å². The lowest BCUT2D eigenvalue weighted by Crippen LogP contribution is -2.15. The summed E-state index contributed by atoms with van der Waals surface area (Å²) in [5.41, 5.74) is 1.66. The zero-order valence-electron chi connectivity index (χ0n) is 16.3. The van der Waals surface area contributed by atoms with Gasteiger partial charge in [-0.3, -0.25) is 4.68 Å². The second-order valence-electron chi connectivity index (χ2n) is 6.38. The van der Waals surface area contributed by atoms with Crippen LogP contribution in [0.4, 0.5) is 17.6 Å². The minimum Gasteiger partial charge on any atom is -0.476 e. The first-order valence-electron chi connectivity index (χ1n) is 8.87. The summed E-state index contributed by atoms with van der Waals surface area (Å²) in [5, 5.41) is 17.0. The van der Waals surface area contributed by atoms with Crippen LogP contribution in [0.5, 0.6) is 0 Å². The highest BCUT2D eigenvalue weighted by molar-refractivity contribution is 6.03.